The number of nitrogens with zero attached hydrogens (tertiary/aromatic N) is 2. The van der Waals surface area contributed by atoms with Crippen molar-refractivity contribution < 1.29 is 4.21 Å². The van der Waals surface area contributed by atoms with Crippen molar-refractivity contribution in [1.82, 2.24) is 9.97 Å². The standard InChI is InChI=1S/C9H15ClN4OS/c1-6(16(3)15)4-12-8-7(10)5-13-9(11-2)14-8/h5-6H,4H2,1-3H3,(H2,11,12,13,14). The van der Waals surface area contributed by atoms with Crippen molar-refractivity contribution in [3.8, 4) is 0 Å². The lowest BCUT2D eigenvalue weighted by Gasteiger charge is -2.11. The van der Waals surface area contributed by atoms with E-state index >= 15 is 0 Å². The van der Waals surface area contributed by atoms with Gasteiger partial charge in [-0.3, -0.25) is 4.21 Å². The number of hydrogen-bond donors (Lipinski definition) is 2. The zero-order valence-electron chi connectivity index (χ0n) is 9.45. The molecule has 1 aromatic heterocycles. The Balaban J connectivity index is 2.69. The third-order valence-corrected chi connectivity index (χ3v) is 3.67. The first kappa shape index (κ1) is 13.2. The van der Waals surface area contributed by atoms with Gasteiger partial charge in [0.2, 0.25) is 5.95 Å². The number of anilines is 2. The van der Waals surface area contributed by atoms with Crippen molar-refractivity contribution in [2.75, 3.05) is 30.5 Å². The molecule has 2 N–H and O–H groups in total. The van der Waals surface area contributed by atoms with Crippen LogP contribution in [0, 0.1) is 0 Å². The fourth-order valence-corrected chi connectivity index (χ4v) is 1.45. The molecule has 1 rings (SSSR count). The van der Waals surface area contributed by atoms with Gasteiger partial charge in [0.05, 0.1) is 6.20 Å². The highest BCUT2D eigenvalue weighted by atomic mass is 35.5. The van der Waals surface area contributed by atoms with Gasteiger partial charge in [0, 0.05) is 35.9 Å². The molecule has 0 aliphatic heterocycles. The summed E-state index contributed by atoms with van der Waals surface area (Å²) in [5.74, 6) is 1.05. The normalized spacial score (nSPS) is 14.2. The maximum Gasteiger partial charge on any atom is 0.224 e. The zero-order chi connectivity index (χ0) is 12.1. The summed E-state index contributed by atoms with van der Waals surface area (Å²) < 4.78 is 11.2. The van der Waals surface area contributed by atoms with Crippen LogP contribution >= 0.6 is 11.6 Å². The van der Waals surface area contributed by atoms with Gasteiger partial charge in [0.1, 0.15) is 5.02 Å². The van der Waals surface area contributed by atoms with Gasteiger partial charge in [-0.1, -0.05) is 11.6 Å². The fraction of sp³-hybridized carbons (Fsp3) is 0.556. The third-order valence-electron chi connectivity index (χ3n) is 2.09. The summed E-state index contributed by atoms with van der Waals surface area (Å²) in [6, 6.07) is 0. The van der Waals surface area contributed by atoms with E-state index in [1.165, 1.54) is 6.20 Å². The van der Waals surface area contributed by atoms with Gasteiger partial charge in [-0.25, -0.2) is 4.98 Å². The molecule has 2 unspecified atom stereocenters. The van der Waals surface area contributed by atoms with Crippen molar-refractivity contribution in [2.24, 2.45) is 0 Å². The van der Waals surface area contributed by atoms with E-state index in [0.717, 1.165) is 0 Å². The monoisotopic (exact) mass is 262 g/mol. The minimum atomic E-state index is -0.862. The van der Waals surface area contributed by atoms with Gasteiger partial charge in [-0.2, -0.15) is 4.98 Å². The first-order valence-corrected chi connectivity index (χ1v) is 6.81. The molecule has 5 nitrogen and oxygen atoms in total. The molecule has 90 valence electrons. The molecule has 0 aliphatic rings. The highest BCUT2D eigenvalue weighted by molar-refractivity contribution is 7.84. The predicted octanol–water partition coefficient (Wildman–Crippen LogP) is 1.35. The Morgan fingerprint density at radius 3 is 2.88 bits per heavy atom. The van der Waals surface area contributed by atoms with Crippen molar-refractivity contribution in [3.63, 3.8) is 0 Å². The first-order valence-electron chi connectivity index (χ1n) is 4.81. The highest BCUT2D eigenvalue weighted by Crippen LogP contribution is 2.19. The van der Waals surface area contributed by atoms with Crippen LogP contribution < -0.4 is 10.6 Å². The molecule has 0 aliphatic carbocycles. The van der Waals surface area contributed by atoms with Crippen LogP contribution in [-0.2, 0) is 10.8 Å². The molecule has 2 atom stereocenters. The van der Waals surface area contributed by atoms with E-state index in [0.29, 0.717) is 23.3 Å². The van der Waals surface area contributed by atoms with Crippen LogP contribution in [0.4, 0.5) is 11.8 Å². The van der Waals surface area contributed by atoms with E-state index < -0.39 is 10.8 Å². The molecule has 0 saturated heterocycles. The lowest BCUT2D eigenvalue weighted by molar-refractivity contribution is 0.679. The molecule has 0 radical (unpaired) electrons. The number of aromatic nitrogens is 2. The molecule has 0 saturated carbocycles. The van der Waals surface area contributed by atoms with Crippen LogP contribution in [0.15, 0.2) is 6.20 Å². The SMILES string of the molecule is CNc1ncc(Cl)c(NCC(C)S(C)=O)n1. The Hall–Kier alpha value is -0.880. The summed E-state index contributed by atoms with van der Waals surface area (Å²) >= 11 is 5.93. The Morgan fingerprint density at radius 2 is 2.31 bits per heavy atom. The second kappa shape index (κ2) is 6.00. The number of hydrogen-bond acceptors (Lipinski definition) is 5. The Kier molecular flexibility index (Phi) is 4.95. The van der Waals surface area contributed by atoms with Crippen molar-refractivity contribution in [2.45, 2.75) is 12.2 Å². The Labute approximate surface area is 102 Å². The maximum absolute atomic E-state index is 11.2. The second-order valence-corrected chi connectivity index (χ2v) is 5.54. The smallest absolute Gasteiger partial charge is 0.224 e. The third kappa shape index (κ3) is 3.61. The molecule has 0 bridgehead atoms. The van der Waals surface area contributed by atoms with E-state index in [4.69, 9.17) is 11.6 Å². The molecular formula is C9H15ClN4OS. The Morgan fingerprint density at radius 1 is 1.62 bits per heavy atom. The summed E-state index contributed by atoms with van der Waals surface area (Å²) in [4.78, 5) is 8.12. The average Bonchev–Trinajstić information content (AvgIpc) is 2.27. The minimum absolute atomic E-state index is 0.0454. The van der Waals surface area contributed by atoms with Crippen LogP contribution in [0.5, 0.6) is 0 Å². The molecule has 0 spiro atoms. The van der Waals surface area contributed by atoms with Crippen molar-refractivity contribution in [1.29, 1.82) is 0 Å². The predicted molar refractivity (Wildman–Crippen MR) is 68.6 cm³/mol. The molecule has 1 aromatic rings. The topological polar surface area (TPSA) is 66.9 Å². The zero-order valence-corrected chi connectivity index (χ0v) is 11.0. The van der Waals surface area contributed by atoms with Crippen LogP contribution in [0.25, 0.3) is 0 Å². The van der Waals surface area contributed by atoms with Crippen LogP contribution in [0.1, 0.15) is 6.92 Å². The lowest BCUT2D eigenvalue weighted by Crippen LogP contribution is -2.21. The van der Waals surface area contributed by atoms with Gasteiger partial charge < -0.3 is 10.6 Å². The van der Waals surface area contributed by atoms with Crippen LogP contribution in [0.2, 0.25) is 5.02 Å². The minimum Gasteiger partial charge on any atom is -0.367 e. The van der Waals surface area contributed by atoms with E-state index in [2.05, 4.69) is 20.6 Å². The summed E-state index contributed by atoms with van der Waals surface area (Å²) in [6.45, 7) is 2.46. The van der Waals surface area contributed by atoms with Crippen LogP contribution in [0.3, 0.4) is 0 Å². The molecule has 7 heteroatoms. The molecule has 1 heterocycles. The fourth-order valence-electron chi connectivity index (χ4n) is 0.969. The molecule has 0 amide bonds. The van der Waals surface area contributed by atoms with E-state index in [1.54, 1.807) is 13.3 Å². The van der Waals surface area contributed by atoms with Gasteiger partial charge in [-0.05, 0) is 6.92 Å². The number of halogens is 1. The maximum atomic E-state index is 11.2. The largest absolute Gasteiger partial charge is 0.367 e. The second-order valence-electron chi connectivity index (χ2n) is 3.33. The van der Waals surface area contributed by atoms with Gasteiger partial charge in [0.15, 0.2) is 5.82 Å². The summed E-state index contributed by atoms with van der Waals surface area (Å²) in [6.07, 6.45) is 3.20. The molecule has 16 heavy (non-hydrogen) atoms. The molecular weight excluding hydrogens is 248 g/mol. The van der Waals surface area contributed by atoms with Gasteiger partial charge in [0.25, 0.3) is 0 Å². The van der Waals surface area contributed by atoms with E-state index in [9.17, 15) is 4.21 Å². The van der Waals surface area contributed by atoms with Crippen molar-refractivity contribution >= 4 is 34.2 Å². The van der Waals surface area contributed by atoms with E-state index in [1.807, 2.05) is 6.92 Å². The van der Waals surface area contributed by atoms with E-state index in [-0.39, 0.29) is 5.25 Å². The summed E-state index contributed by atoms with van der Waals surface area (Å²) in [5, 5.41) is 6.37. The first-order chi connectivity index (χ1) is 7.54. The van der Waals surface area contributed by atoms with Gasteiger partial charge in [-0.15, -0.1) is 0 Å². The number of rotatable bonds is 5. The van der Waals surface area contributed by atoms with Gasteiger partial charge >= 0.3 is 0 Å². The van der Waals surface area contributed by atoms with Crippen LogP contribution in [-0.4, -0.2) is 39.3 Å². The number of nitrogens with one attached hydrogen (secondary N) is 2. The molecule has 0 aromatic carbocycles. The van der Waals surface area contributed by atoms with Crippen molar-refractivity contribution in [3.05, 3.63) is 11.2 Å². The summed E-state index contributed by atoms with van der Waals surface area (Å²) in [7, 11) is 0.871. The lowest BCUT2D eigenvalue weighted by atomic mass is 10.4. The summed E-state index contributed by atoms with van der Waals surface area (Å²) in [5.41, 5.74) is 0. The molecule has 0 fully saturated rings. The highest BCUT2D eigenvalue weighted by Gasteiger charge is 2.09. The Bertz CT molecular complexity index is 388. The average molecular weight is 263 g/mol. The quantitative estimate of drug-likeness (QED) is 0.839.